The molecule has 3 aromatic rings. The van der Waals surface area contributed by atoms with Crippen molar-refractivity contribution in [2.75, 3.05) is 12.4 Å². The molecule has 28 heavy (non-hydrogen) atoms. The standard InChI is InChI=1S/C20H16IN3O3S/c1-27-15-12-22-17(13-8-4-2-5-9-13)16(21)18(15)23-20(26)24(28)19(25)14-10-6-3-7-11-14/h2-12,28H,1H3,(H,22,23,26). The van der Waals surface area contributed by atoms with E-state index in [2.05, 4.69) is 45.7 Å². The fraction of sp³-hybridized carbons (Fsp3) is 0.0500. The zero-order chi connectivity index (χ0) is 20.1. The molecular weight excluding hydrogens is 489 g/mol. The fourth-order valence-electron chi connectivity index (χ4n) is 2.49. The van der Waals surface area contributed by atoms with E-state index in [4.69, 9.17) is 4.74 Å². The molecule has 2 aromatic carbocycles. The predicted molar refractivity (Wildman–Crippen MR) is 120 cm³/mol. The SMILES string of the molecule is COc1cnc(-c2ccccc2)c(I)c1NC(=O)N(S)C(=O)c1ccccc1. The van der Waals surface area contributed by atoms with Crippen LogP contribution in [0.2, 0.25) is 0 Å². The average molecular weight is 505 g/mol. The minimum Gasteiger partial charge on any atom is -0.493 e. The molecule has 1 aromatic heterocycles. The molecule has 3 rings (SSSR count). The zero-order valence-corrected chi connectivity index (χ0v) is 17.8. The lowest BCUT2D eigenvalue weighted by molar-refractivity contribution is 0.0901. The van der Waals surface area contributed by atoms with E-state index in [0.717, 1.165) is 9.87 Å². The van der Waals surface area contributed by atoms with Gasteiger partial charge in [-0.1, -0.05) is 61.3 Å². The summed E-state index contributed by atoms with van der Waals surface area (Å²) in [6, 6.07) is 17.3. The number of amides is 3. The van der Waals surface area contributed by atoms with Gasteiger partial charge in [-0.3, -0.25) is 9.78 Å². The zero-order valence-electron chi connectivity index (χ0n) is 14.8. The van der Waals surface area contributed by atoms with E-state index in [-0.39, 0.29) is 0 Å². The van der Waals surface area contributed by atoms with Gasteiger partial charge >= 0.3 is 6.03 Å². The molecule has 3 amide bonds. The van der Waals surface area contributed by atoms with Crippen molar-refractivity contribution in [3.8, 4) is 17.0 Å². The number of nitrogens with zero attached hydrogens (tertiary/aromatic N) is 2. The number of nitrogens with one attached hydrogen (secondary N) is 1. The molecule has 0 saturated carbocycles. The fourth-order valence-corrected chi connectivity index (χ4v) is 3.51. The number of hydrogen-bond acceptors (Lipinski definition) is 5. The van der Waals surface area contributed by atoms with Crippen molar-refractivity contribution in [3.63, 3.8) is 0 Å². The number of aromatic nitrogens is 1. The highest BCUT2D eigenvalue weighted by Gasteiger charge is 2.23. The topological polar surface area (TPSA) is 71.5 Å². The van der Waals surface area contributed by atoms with Crippen molar-refractivity contribution in [1.29, 1.82) is 0 Å². The molecular formula is C20H16IN3O3S. The second kappa shape index (κ2) is 9.07. The van der Waals surface area contributed by atoms with E-state index >= 15 is 0 Å². The van der Waals surface area contributed by atoms with Gasteiger partial charge in [0.25, 0.3) is 5.91 Å². The Morgan fingerprint density at radius 2 is 1.68 bits per heavy atom. The number of halogens is 1. The molecule has 0 atom stereocenters. The molecule has 0 saturated heterocycles. The minimum atomic E-state index is -0.696. The van der Waals surface area contributed by atoms with Crippen LogP contribution in [-0.4, -0.2) is 28.3 Å². The maximum atomic E-state index is 12.6. The Balaban J connectivity index is 1.90. The lowest BCUT2D eigenvalue weighted by Gasteiger charge is -2.18. The summed E-state index contributed by atoms with van der Waals surface area (Å²) in [4.78, 5) is 29.5. The van der Waals surface area contributed by atoms with Gasteiger partial charge in [0.2, 0.25) is 0 Å². The number of rotatable bonds is 4. The number of urea groups is 1. The third kappa shape index (κ3) is 4.28. The van der Waals surface area contributed by atoms with Crippen molar-refractivity contribution in [3.05, 3.63) is 76.0 Å². The molecule has 0 unspecified atom stereocenters. The smallest absolute Gasteiger partial charge is 0.339 e. The molecule has 1 heterocycles. The molecule has 8 heteroatoms. The number of carbonyl (C=O) groups excluding carboxylic acids is 2. The first kappa shape index (κ1) is 20.2. The first-order chi connectivity index (χ1) is 13.5. The lowest BCUT2D eigenvalue weighted by Crippen LogP contribution is -2.33. The Morgan fingerprint density at radius 1 is 1.07 bits per heavy atom. The van der Waals surface area contributed by atoms with E-state index in [9.17, 15) is 9.59 Å². The van der Waals surface area contributed by atoms with E-state index in [1.54, 1.807) is 30.3 Å². The number of thiol groups is 1. The second-order valence-corrected chi connectivity index (χ2v) is 7.12. The molecule has 0 aliphatic rings. The number of carbonyl (C=O) groups is 2. The maximum Gasteiger partial charge on any atom is 0.339 e. The number of ether oxygens (including phenoxy) is 1. The minimum absolute atomic E-state index is 0.356. The molecule has 0 bridgehead atoms. The Morgan fingerprint density at radius 3 is 2.29 bits per heavy atom. The summed E-state index contributed by atoms with van der Waals surface area (Å²) in [7, 11) is 1.48. The number of hydrogen-bond donors (Lipinski definition) is 2. The van der Waals surface area contributed by atoms with Crippen molar-refractivity contribution in [2.45, 2.75) is 0 Å². The molecule has 0 aliphatic carbocycles. The number of methoxy groups -OCH3 is 1. The molecule has 142 valence electrons. The number of anilines is 1. The number of pyridine rings is 1. The van der Waals surface area contributed by atoms with E-state index in [0.29, 0.717) is 26.3 Å². The first-order valence-electron chi connectivity index (χ1n) is 8.20. The van der Waals surface area contributed by atoms with Gasteiger partial charge < -0.3 is 10.1 Å². The van der Waals surface area contributed by atoms with Gasteiger partial charge in [0, 0.05) is 11.1 Å². The Hall–Kier alpha value is -2.59. The van der Waals surface area contributed by atoms with Crippen LogP contribution in [0.4, 0.5) is 10.5 Å². The highest BCUT2D eigenvalue weighted by Crippen LogP contribution is 2.35. The third-order valence-corrected chi connectivity index (χ3v) is 5.30. The van der Waals surface area contributed by atoms with Crippen LogP contribution in [0.15, 0.2) is 66.9 Å². The van der Waals surface area contributed by atoms with Crippen LogP contribution in [0.1, 0.15) is 10.4 Å². The van der Waals surface area contributed by atoms with Crippen molar-refractivity contribution < 1.29 is 14.3 Å². The lowest BCUT2D eigenvalue weighted by atomic mass is 10.1. The van der Waals surface area contributed by atoms with Gasteiger partial charge in [-0.25, -0.2) is 9.10 Å². The Labute approximate surface area is 181 Å². The molecule has 0 radical (unpaired) electrons. The average Bonchev–Trinajstić information content (AvgIpc) is 2.75. The van der Waals surface area contributed by atoms with Gasteiger partial charge in [-0.15, -0.1) is 0 Å². The predicted octanol–water partition coefficient (Wildman–Crippen LogP) is 4.88. The number of imide groups is 1. The largest absolute Gasteiger partial charge is 0.493 e. The molecule has 0 spiro atoms. The highest BCUT2D eigenvalue weighted by atomic mass is 127. The summed E-state index contributed by atoms with van der Waals surface area (Å²) in [5.74, 6) is -0.154. The summed E-state index contributed by atoms with van der Waals surface area (Å²) in [6.45, 7) is 0. The second-order valence-electron chi connectivity index (χ2n) is 5.64. The first-order valence-corrected chi connectivity index (χ1v) is 9.68. The quantitative estimate of drug-likeness (QED) is 0.392. The summed E-state index contributed by atoms with van der Waals surface area (Å²) in [5, 5.41) is 2.71. The normalized spacial score (nSPS) is 10.2. The van der Waals surface area contributed by atoms with Crippen LogP contribution >= 0.6 is 35.4 Å². The maximum absolute atomic E-state index is 12.6. The van der Waals surface area contributed by atoms with Crippen LogP contribution in [0.25, 0.3) is 11.3 Å². The van der Waals surface area contributed by atoms with Crippen molar-refractivity contribution >= 4 is 53.0 Å². The number of benzene rings is 2. The summed E-state index contributed by atoms with van der Waals surface area (Å²) in [6.07, 6.45) is 1.53. The summed E-state index contributed by atoms with van der Waals surface area (Å²) < 4.78 is 6.75. The van der Waals surface area contributed by atoms with Gasteiger partial charge in [0.1, 0.15) is 5.69 Å². The van der Waals surface area contributed by atoms with E-state index in [1.807, 2.05) is 30.3 Å². The van der Waals surface area contributed by atoms with Crippen molar-refractivity contribution in [1.82, 2.24) is 9.29 Å². The third-order valence-electron chi connectivity index (χ3n) is 3.89. The summed E-state index contributed by atoms with van der Waals surface area (Å²) in [5.41, 5.74) is 2.36. The molecule has 0 fully saturated rings. The van der Waals surface area contributed by atoms with Gasteiger partial charge in [-0.05, 0) is 34.7 Å². The van der Waals surface area contributed by atoms with Gasteiger partial charge in [0.05, 0.1) is 22.6 Å². The highest BCUT2D eigenvalue weighted by molar-refractivity contribution is 14.1. The Kier molecular flexibility index (Phi) is 6.53. The summed E-state index contributed by atoms with van der Waals surface area (Å²) >= 11 is 6.16. The monoisotopic (exact) mass is 505 g/mol. The Bertz CT molecular complexity index is 1000. The molecule has 6 nitrogen and oxygen atoms in total. The van der Waals surface area contributed by atoms with Crippen LogP contribution in [0.3, 0.4) is 0 Å². The molecule has 0 aliphatic heterocycles. The van der Waals surface area contributed by atoms with E-state index < -0.39 is 11.9 Å². The van der Waals surface area contributed by atoms with Crippen molar-refractivity contribution in [2.24, 2.45) is 0 Å². The van der Waals surface area contributed by atoms with Crippen LogP contribution in [0, 0.1) is 3.57 Å². The van der Waals surface area contributed by atoms with Gasteiger partial charge in [0.15, 0.2) is 5.75 Å². The molecule has 1 N–H and O–H groups in total. The van der Waals surface area contributed by atoms with E-state index in [1.165, 1.54) is 13.3 Å². The van der Waals surface area contributed by atoms with Crippen LogP contribution in [-0.2, 0) is 0 Å². The van der Waals surface area contributed by atoms with Gasteiger partial charge in [-0.2, -0.15) is 0 Å². The van der Waals surface area contributed by atoms with Crippen LogP contribution < -0.4 is 10.1 Å². The van der Waals surface area contributed by atoms with Crippen LogP contribution in [0.5, 0.6) is 5.75 Å².